The minimum absolute atomic E-state index is 0.0350. The maximum Gasteiger partial charge on any atom is 0.305 e. The third-order valence-electron chi connectivity index (χ3n) is 3.43. The van der Waals surface area contributed by atoms with Gasteiger partial charge < -0.3 is 14.6 Å². The lowest BCUT2D eigenvalue weighted by molar-refractivity contribution is -0.138. The van der Waals surface area contributed by atoms with Gasteiger partial charge in [0, 0.05) is 0 Å². The van der Waals surface area contributed by atoms with Crippen molar-refractivity contribution < 1.29 is 19.4 Å². The summed E-state index contributed by atoms with van der Waals surface area (Å²) in [5, 5.41) is 11.2. The largest absolute Gasteiger partial charge is 0.481 e. The first-order valence-corrected chi connectivity index (χ1v) is 9.55. The van der Waals surface area contributed by atoms with E-state index < -0.39 is 13.9 Å². The second-order valence-electron chi connectivity index (χ2n) is 5.19. The predicted molar refractivity (Wildman–Crippen MR) is 97.8 cm³/mol. The Morgan fingerprint density at radius 1 is 0.792 bits per heavy atom. The van der Waals surface area contributed by atoms with Crippen LogP contribution in [0.2, 0.25) is 0 Å². The van der Waals surface area contributed by atoms with Crippen molar-refractivity contribution in [3.8, 4) is 0 Å². The molecule has 1 N–H and O–H groups in total. The molecule has 4 nitrogen and oxygen atoms in total. The van der Waals surface area contributed by atoms with Crippen molar-refractivity contribution in [3.63, 3.8) is 0 Å². The number of carboxylic acids is 1. The number of hydrogen-bond donors (Lipinski definition) is 1. The van der Waals surface area contributed by atoms with Gasteiger partial charge in [-0.2, -0.15) is 0 Å². The van der Waals surface area contributed by atoms with Crippen molar-refractivity contribution in [2.45, 2.75) is 6.42 Å². The molecule has 0 bridgehead atoms. The molecular formula is C19H23O4P. The van der Waals surface area contributed by atoms with Gasteiger partial charge in [0.05, 0.1) is 32.8 Å². The van der Waals surface area contributed by atoms with E-state index in [1.807, 2.05) is 12.1 Å². The molecule has 0 aliphatic rings. The molecule has 0 fully saturated rings. The SMILES string of the molecule is O=C(O)CCOCCOCCP(c1ccccc1)c1ccccc1. The first-order valence-electron chi connectivity index (χ1n) is 8.02. The lowest BCUT2D eigenvalue weighted by atomic mass is 10.4. The fourth-order valence-corrected chi connectivity index (χ4v) is 4.45. The highest BCUT2D eigenvalue weighted by atomic mass is 31.1. The van der Waals surface area contributed by atoms with Crippen LogP contribution in [0.3, 0.4) is 0 Å². The Morgan fingerprint density at radius 3 is 1.79 bits per heavy atom. The van der Waals surface area contributed by atoms with Crippen molar-refractivity contribution in [2.75, 3.05) is 32.6 Å². The van der Waals surface area contributed by atoms with Crippen LogP contribution < -0.4 is 10.6 Å². The van der Waals surface area contributed by atoms with Crippen LogP contribution in [-0.4, -0.2) is 43.7 Å². The van der Waals surface area contributed by atoms with E-state index in [2.05, 4.69) is 48.5 Å². The number of benzene rings is 2. The second kappa shape index (κ2) is 10.9. The molecule has 0 amide bonds. The van der Waals surface area contributed by atoms with E-state index in [0.29, 0.717) is 19.8 Å². The predicted octanol–water partition coefficient (Wildman–Crippen LogP) is 2.63. The van der Waals surface area contributed by atoms with E-state index in [9.17, 15) is 4.79 Å². The van der Waals surface area contributed by atoms with Gasteiger partial charge in [0.25, 0.3) is 0 Å². The molecule has 0 aliphatic heterocycles. The Balaban J connectivity index is 1.77. The summed E-state index contributed by atoms with van der Waals surface area (Å²) >= 11 is 0. The minimum Gasteiger partial charge on any atom is -0.481 e. The molecule has 0 saturated carbocycles. The van der Waals surface area contributed by atoms with Gasteiger partial charge in [0.2, 0.25) is 0 Å². The highest BCUT2D eigenvalue weighted by molar-refractivity contribution is 7.73. The Labute approximate surface area is 144 Å². The van der Waals surface area contributed by atoms with E-state index in [-0.39, 0.29) is 13.0 Å². The molecule has 0 heterocycles. The number of hydrogen-bond acceptors (Lipinski definition) is 3. The highest BCUT2D eigenvalue weighted by Gasteiger charge is 2.12. The summed E-state index contributed by atoms with van der Waals surface area (Å²) < 4.78 is 10.9. The zero-order valence-corrected chi connectivity index (χ0v) is 14.5. The topological polar surface area (TPSA) is 55.8 Å². The van der Waals surface area contributed by atoms with Gasteiger partial charge in [-0.05, 0) is 24.7 Å². The number of aliphatic carboxylic acids is 1. The zero-order valence-electron chi connectivity index (χ0n) is 13.6. The van der Waals surface area contributed by atoms with Crippen molar-refractivity contribution in [2.24, 2.45) is 0 Å². The average Bonchev–Trinajstić information content (AvgIpc) is 2.62. The van der Waals surface area contributed by atoms with E-state index in [0.717, 1.165) is 6.16 Å². The Hall–Kier alpha value is -1.74. The molecule has 0 atom stereocenters. The number of rotatable bonds is 11. The van der Waals surface area contributed by atoms with E-state index >= 15 is 0 Å². The Bertz CT molecular complexity index is 549. The molecule has 0 radical (unpaired) electrons. The van der Waals surface area contributed by atoms with E-state index in [4.69, 9.17) is 14.6 Å². The minimum atomic E-state index is -0.840. The van der Waals surface area contributed by atoms with Crippen LogP contribution in [0, 0.1) is 0 Å². The van der Waals surface area contributed by atoms with Gasteiger partial charge in [-0.15, -0.1) is 0 Å². The summed E-state index contributed by atoms with van der Waals surface area (Å²) in [6.45, 7) is 1.82. The van der Waals surface area contributed by atoms with E-state index in [1.165, 1.54) is 10.6 Å². The molecule has 2 aromatic rings. The highest BCUT2D eigenvalue weighted by Crippen LogP contribution is 2.32. The van der Waals surface area contributed by atoms with Crippen molar-refractivity contribution in [1.29, 1.82) is 0 Å². The van der Waals surface area contributed by atoms with Crippen LogP contribution in [0.5, 0.6) is 0 Å². The summed E-state index contributed by atoms with van der Waals surface area (Å²) in [5.41, 5.74) is 0. The summed E-state index contributed by atoms with van der Waals surface area (Å²) in [4.78, 5) is 10.4. The van der Waals surface area contributed by atoms with Gasteiger partial charge in [-0.3, -0.25) is 4.79 Å². The van der Waals surface area contributed by atoms with Crippen LogP contribution in [0.1, 0.15) is 6.42 Å². The van der Waals surface area contributed by atoms with Crippen LogP contribution in [-0.2, 0) is 14.3 Å². The quantitative estimate of drug-likeness (QED) is 0.502. The maximum absolute atomic E-state index is 10.4. The molecule has 0 unspecified atom stereocenters. The molecular weight excluding hydrogens is 323 g/mol. The van der Waals surface area contributed by atoms with Gasteiger partial charge in [-0.1, -0.05) is 60.7 Å². The molecule has 0 saturated heterocycles. The van der Waals surface area contributed by atoms with Crippen molar-refractivity contribution in [3.05, 3.63) is 60.7 Å². The van der Waals surface area contributed by atoms with Crippen molar-refractivity contribution in [1.82, 2.24) is 0 Å². The molecule has 5 heteroatoms. The molecule has 0 spiro atoms. The fraction of sp³-hybridized carbons (Fsp3) is 0.316. The zero-order chi connectivity index (χ0) is 17.0. The third kappa shape index (κ3) is 6.79. The standard InChI is InChI=1S/C19H23O4P/c20-19(21)11-12-22-13-14-23-15-16-24(17-7-3-1-4-8-17)18-9-5-2-6-10-18/h1-10H,11-16H2,(H,20,21). The van der Waals surface area contributed by atoms with Crippen LogP contribution in [0.15, 0.2) is 60.7 Å². The lowest BCUT2D eigenvalue weighted by Gasteiger charge is -2.18. The lowest BCUT2D eigenvalue weighted by Crippen LogP contribution is -2.17. The van der Waals surface area contributed by atoms with Gasteiger partial charge in [0.15, 0.2) is 0 Å². The first kappa shape index (κ1) is 18.6. The van der Waals surface area contributed by atoms with E-state index in [1.54, 1.807) is 0 Å². The summed E-state index contributed by atoms with van der Waals surface area (Å²) in [5.74, 6) is -0.840. The molecule has 24 heavy (non-hydrogen) atoms. The van der Waals surface area contributed by atoms with Crippen LogP contribution in [0.25, 0.3) is 0 Å². The molecule has 2 aromatic carbocycles. The monoisotopic (exact) mass is 346 g/mol. The number of carbonyl (C=O) groups is 1. The first-order chi connectivity index (χ1) is 11.8. The van der Waals surface area contributed by atoms with Gasteiger partial charge in [0.1, 0.15) is 0 Å². The maximum atomic E-state index is 10.4. The number of ether oxygens (including phenoxy) is 2. The summed E-state index contributed by atoms with van der Waals surface area (Å²) in [6, 6.07) is 21.1. The molecule has 2 rings (SSSR count). The Morgan fingerprint density at radius 2 is 1.29 bits per heavy atom. The summed E-state index contributed by atoms with van der Waals surface area (Å²) in [7, 11) is -0.431. The fourth-order valence-electron chi connectivity index (χ4n) is 2.26. The van der Waals surface area contributed by atoms with Crippen LogP contribution >= 0.6 is 7.92 Å². The third-order valence-corrected chi connectivity index (χ3v) is 5.90. The molecule has 0 aromatic heterocycles. The number of carboxylic acid groups (broad SMARTS) is 1. The normalized spacial score (nSPS) is 10.9. The molecule has 128 valence electrons. The van der Waals surface area contributed by atoms with Crippen molar-refractivity contribution >= 4 is 24.5 Å². The van der Waals surface area contributed by atoms with Crippen LogP contribution in [0.4, 0.5) is 0 Å². The Kier molecular flexibility index (Phi) is 8.47. The average molecular weight is 346 g/mol. The second-order valence-corrected chi connectivity index (χ2v) is 7.53. The summed E-state index contributed by atoms with van der Waals surface area (Å²) in [6.07, 6.45) is 0.992. The van der Waals surface area contributed by atoms with Gasteiger partial charge >= 0.3 is 5.97 Å². The molecule has 0 aliphatic carbocycles. The van der Waals surface area contributed by atoms with Gasteiger partial charge in [-0.25, -0.2) is 0 Å². The smallest absolute Gasteiger partial charge is 0.305 e.